The van der Waals surface area contributed by atoms with Gasteiger partial charge < -0.3 is 10.2 Å². The predicted octanol–water partition coefficient (Wildman–Crippen LogP) is 2.44. The lowest BCUT2D eigenvalue weighted by molar-refractivity contribution is -0.384. The number of hydrogen-bond acceptors (Lipinski definition) is 6. The van der Waals surface area contributed by atoms with Gasteiger partial charge in [0.15, 0.2) is 0 Å². The third-order valence-electron chi connectivity index (χ3n) is 2.75. The standard InChI is InChI=1S/C14H11N3O5/c18-13-7-12(17(21)22)6-3-10(13)8-15-16-11-4-1-9(2-5-11)14(19)20/h1-8,16,18H,(H,19,20)/b15-8-. The zero-order valence-corrected chi connectivity index (χ0v) is 11.1. The maximum atomic E-state index is 10.7. The summed E-state index contributed by atoms with van der Waals surface area (Å²) in [6.45, 7) is 0. The molecule has 0 atom stereocenters. The summed E-state index contributed by atoms with van der Waals surface area (Å²) in [5.74, 6) is -1.29. The molecule has 0 spiro atoms. The summed E-state index contributed by atoms with van der Waals surface area (Å²) in [5.41, 5.74) is 3.46. The summed E-state index contributed by atoms with van der Waals surface area (Å²) in [5, 5.41) is 32.8. The highest BCUT2D eigenvalue weighted by Gasteiger charge is 2.08. The second kappa shape index (κ2) is 6.35. The molecule has 0 aliphatic rings. The van der Waals surface area contributed by atoms with Crippen molar-refractivity contribution in [3.63, 3.8) is 0 Å². The van der Waals surface area contributed by atoms with Gasteiger partial charge in [-0.25, -0.2) is 4.79 Å². The van der Waals surface area contributed by atoms with Gasteiger partial charge in [-0.3, -0.25) is 15.5 Å². The molecule has 8 nitrogen and oxygen atoms in total. The Morgan fingerprint density at radius 1 is 1.23 bits per heavy atom. The maximum absolute atomic E-state index is 10.7. The first-order valence-electron chi connectivity index (χ1n) is 6.07. The van der Waals surface area contributed by atoms with E-state index in [0.29, 0.717) is 11.3 Å². The van der Waals surface area contributed by atoms with Crippen LogP contribution >= 0.6 is 0 Å². The van der Waals surface area contributed by atoms with Crippen LogP contribution in [0.15, 0.2) is 47.6 Å². The summed E-state index contributed by atoms with van der Waals surface area (Å²) in [6, 6.07) is 9.57. The largest absolute Gasteiger partial charge is 0.507 e. The highest BCUT2D eigenvalue weighted by Crippen LogP contribution is 2.22. The Morgan fingerprint density at radius 2 is 1.91 bits per heavy atom. The first-order valence-corrected chi connectivity index (χ1v) is 6.07. The Balaban J connectivity index is 2.06. The smallest absolute Gasteiger partial charge is 0.335 e. The molecular formula is C14H11N3O5. The molecule has 0 saturated heterocycles. The van der Waals surface area contributed by atoms with Gasteiger partial charge in [0.25, 0.3) is 5.69 Å². The number of aromatic hydroxyl groups is 1. The Bertz CT molecular complexity index is 741. The highest BCUT2D eigenvalue weighted by molar-refractivity contribution is 5.88. The zero-order valence-electron chi connectivity index (χ0n) is 11.1. The molecule has 0 fully saturated rings. The number of non-ortho nitro benzene ring substituents is 1. The molecular weight excluding hydrogens is 290 g/mol. The van der Waals surface area contributed by atoms with E-state index in [2.05, 4.69) is 10.5 Å². The van der Waals surface area contributed by atoms with Crippen LogP contribution in [0.3, 0.4) is 0 Å². The lowest BCUT2D eigenvalue weighted by Gasteiger charge is -2.01. The summed E-state index contributed by atoms with van der Waals surface area (Å²) < 4.78 is 0. The fourth-order valence-corrected chi connectivity index (χ4v) is 1.62. The van der Waals surface area contributed by atoms with E-state index in [9.17, 15) is 20.0 Å². The van der Waals surface area contributed by atoms with Crippen LogP contribution < -0.4 is 5.43 Å². The van der Waals surface area contributed by atoms with Crippen LogP contribution in [0.4, 0.5) is 11.4 Å². The lowest BCUT2D eigenvalue weighted by Crippen LogP contribution is -1.96. The predicted molar refractivity (Wildman–Crippen MR) is 79.4 cm³/mol. The molecule has 0 aliphatic carbocycles. The topological polar surface area (TPSA) is 125 Å². The number of rotatable bonds is 5. The molecule has 2 aromatic rings. The van der Waals surface area contributed by atoms with E-state index < -0.39 is 10.9 Å². The van der Waals surface area contributed by atoms with Crippen molar-refractivity contribution >= 4 is 23.6 Å². The number of nitro benzene ring substituents is 1. The minimum atomic E-state index is -1.02. The summed E-state index contributed by atoms with van der Waals surface area (Å²) in [6.07, 6.45) is 1.30. The number of nitrogens with zero attached hydrogens (tertiary/aromatic N) is 2. The first kappa shape index (κ1) is 15.0. The second-order valence-electron chi connectivity index (χ2n) is 4.25. The Hall–Kier alpha value is -3.42. The SMILES string of the molecule is O=C(O)c1ccc(N/N=C\c2ccc([N+](=O)[O-])cc2O)cc1. The van der Waals surface area contributed by atoms with Gasteiger partial charge in [0, 0.05) is 11.6 Å². The number of carbonyl (C=O) groups is 1. The second-order valence-corrected chi connectivity index (χ2v) is 4.25. The van der Waals surface area contributed by atoms with Gasteiger partial charge in [-0.15, -0.1) is 0 Å². The number of carboxylic acids is 1. The first-order chi connectivity index (χ1) is 10.5. The summed E-state index contributed by atoms with van der Waals surface area (Å²) >= 11 is 0. The fraction of sp³-hybridized carbons (Fsp3) is 0. The molecule has 0 unspecified atom stereocenters. The van der Waals surface area contributed by atoms with Crippen molar-refractivity contribution in [1.82, 2.24) is 0 Å². The number of nitrogens with one attached hydrogen (secondary N) is 1. The molecule has 2 rings (SSSR count). The molecule has 0 radical (unpaired) electrons. The van der Waals surface area contributed by atoms with Crippen molar-refractivity contribution < 1.29 is 19.9 Å². The quantitative estimate of drug-likeness (QED) is 0.442. The van der Waals surface area contributed by atoms with E-state index >= 15 is 0 Å². The molecule has 112 valence electrons. The number of hydrogen-bond donors (Lipinski definition) is 3. The number of aromatic carboxylic acids is 1. The Morgan fingerprint density at radius 3 is 2.45 bits per heavy atom. The molecule has 2 aromatic carbocycles. The van der Waals surface area contributed by atoms with Gasteiger partial charge >= 0.3 is 5.97 Å². The lowest BCUT2D eigenvalue weighted by atomic mass is 10.2. The summed E-state index contributed by atoms with van der Waals surface area (Å²) in [7, 11) is 0. The van der Waals surface area contributed by atoms with E-state index in [1.165, 1.54) is 42.6 Å². The van der Waals surface area contributed by atoms with E-state index in [1.807, 2.05) is 0 Å². The minimum Gasteiger partial charge on any atom is -0.507 e. The van der Waals surface area contributed by atoms with Crippen molar-refractivity contribution in [3.05, 3.63) is 63.7 Å². The van der Waals surface area contributed by atoms with Crippen LogP contribution in [0.2, 0.25) is 0 Å². The van der Waals surface area contributed by atoms with Crippen molar-refractivity contribution in [1.29, 1.82) is 0 Å². The number of phenolic OH excluding ortho intramolecular Hbond substituents is 1. The average molecular weight is 301 g/mol. The fourth-order valence-electron chi connectivity index (χ4n) is 1.62. The number of hydrazone groups is 1. The highest BCUT2D eigenvalue weighted by atomic mass is 16.6. The van der Waals surface area contributed by atoms with Crippen LogP contribution in [-0.2, 0) is 0 Å². The molecule has 0 saturated carbocycles. The van der Waals surface area contributed by atoms with Crippen LogP contribution in [0.25, 0.3) is 0 Å². The third-order valence-corrected chi connectivity index (χ3v) is 2.75. The number of nitro groups is 1. The monoisotopic (exact) mass is 301 g/mol. The summed E-state index contributed by atoms with van der Waals surface area (Å²) in [4.78, 5) is 20.6. The molecule has 0 bridgehead atoms. The number of phenols is 1. The van der Waals surface area contributed by atoms with Crippen molar-refractivity contribution in [2.24, 2.45) is 5.10 Å². The number of carboxylic acid groups (broad SMARTS) is 1. The zero-order chi connectivity index (χ0) is 16.1. The van der Waals surface area contributed by atoms with Crippen molar-refractivity contribution in [2.75, 3.05) is 5.43 Å². The normalized spacial score (nSPS) is 10.5. The van der Waals surface area contributed by atoms with Crippen LogP contribution in [0.1, 0.15) is 15.9 Å². The van der Waals surface area contributed by atoms with Crippen LogP contribution in [0, 0.1) is 10.1 Å². The van der Waals surface area contributed by atoms with Crippen LogP contribution in [0.5, 0.6) is 5.75 Å². The minimum absolute atomic E-state index is 0.155. The van der Waals surface area contributed by atoms with Gasteiger partial charge in [-0.05, 0) is 30.3 Å². The molecule has 3 N–H and O–H groups in total. The van der Waals surface area contributed by atoms with Gasteiger partial charge in [0.2, 0.25) is 0 Å². The Kier molecular flexibility index (Phi) is 4.33. The van der Waals surface area contributed by atoms with E-state index in [0.717, 1.165) is 6.07 Å². The average Bonchev–Trinajstić information content (AvgIpc) is 2.49. The van der Waals surface area contributed by atoms with E-state index in [-0.39, 0.29) is 17.0 Å². The molecule has 0 aliphatic heterocycles. The van der Waals surface area contributed by atoms with Gasteiger partial charge in [0.1, 0.15) is 5.75 Å². The van der Waals surface area contributed by atoms with Crippen molar-refractivity contribution in [3.8, 4) is 5.75 Å². The third kappa shape index (κ3) is 3.57. The van der Waals surface area contributed by atoms with Crippen molar-refractivity contribution in [2.45, 2.75) is 0 Å². The van der Waals surface area contributed by atoms with Crippen LogP contribution in [-0.4, -0.2) is 27.3 Å². The molecule has 22 heavy (non-hydrogen) atoms. The van der Waals surface area contributed by atoms with E-state index in [4.69, 9.17) is 5.11 Å². The van der Waals surface area contributed by atoms with Gasteiger partial charge in [-0.2, -0.15) is 5.10 Å². The molecule has 0 aromatic heterocycles. The number of anilines is 1. The van der Waals surface area contributed by atoms with Gasteiger partial charge in [-0.1, -0.05) is 0 Å². The van der Waals surface area contributed by atoms with E-state index in [1.54, 1.807) is 0 Å². The molecule has 8 heteroatoms. The molecule has 0 amide bonds. The molecule has 0 heterocycles. The number of benzene rings is 2. The Labute approximate surface area is 124 Å². The van der Waals surface area contributed by atoms with Gasteiger partial charge in [0.05, 0.1) is 28.5 Å². The maximum Gasteiger partial charge on any atom is 0.335 e.